The van der Waals surface area contributed by atoms with Crippen LogP contribution in [0.3, 0.4) is 0 Å². The summed E-state index contributed by atoms with van der Waals surface area (Å²) in [5.74, 6) is 0.400. The van der Waals surface area contributed by atoms with Crippen LogP contribution in [0.4, 0.5) is 0 Å². The lowest BCUT2D eigenvalue weighted by molar-refractivity contribution is -0.120. The molecule has 0 fully saturated rings. The van der Waals surface area contributed by atoms with Crippen LogP contribution in [0.25, 0.3) is 10.9 Å². The number of halogens is 1. The molecule has 0 bridgehead atoms. The molecule has 1 unspecified atom stereocenters. The van der Waals surface area contributed by atoms with Gasteiger partial charge >= 0.3 is 0 Å². The highest BCUT2D eigenvalue weighted by Crippen LogP contribution is 2.34. The van der Waals surface area contributed by atoms with Crippen LogP contribution in [-0.2, 0) is 4.79 Å². The standard InChI is InChI=1S/C25H24ClN3O3/c1-15-11-19(16(2)32-15)25(31)29-14-24(30)28-13-20(17-7-3-5-9-22(17)26)21-12-27-23-10-6-4-8-18(21)23/h3-12,20,27H,13-14H2,1-2H3,(H,28,30)(H,29,31). The largest absolute Gasteiger partial charge is 0.466 e. The summed E-state index contributed by atoms with van der Waals surface area (Å²) in [6, 6.07) is 17.3. The molecule has 0 spiro atoms. The first kappa shape index (κ1) is 21.7. The number of carbonyl (C=O) groups excluding carboxylic acids is 2. The normalized spacial score (nSPS) is 12.0. The van der Waals surface area contributed by atoms with Crippen molar-refractivity contribution in [2.45, 2.75) is 19.8 Å². The summed E-state index contributed by atoms with van der Waals surface area (Å²) < 4.78 is 5.38. The van der Waals surface area contributed by atoms with Crippen LogP contribution in [0.1, 0.15) is 38.9 Å². The summed E-state index contributed by atoms with van der Waals surface area (Å²) >= 11 is 6.50. The Morgan fingerprint density at radius 1 is 1.03 bits per heavy atom. The van der Waals surface area contributed by atoms with Gasteiger partial charge in [-0.1, -0.05) is 48.0 Å². The van der Waals surface area contributed by atoms with E-state index in [0.29, 0.717) is 28.7 Å². The zero-order chi connectivity index (χ0) is 22.7. The smallest absolute Gasteiger partial charge is 0.255 e. The number of aryl methyl sites for hydroxylation is 2. The zero-order valence-corrected chi connectivity index (χ0v) is 18.6. The Morgan fingerprint density at radius 3 is 2.53 bits per heavy atom. The molecule has 0 aliphatic rings. The summed E-state index contributed by atoms with van der Waals surface area (Å²) in [5, 5.41) is 7.30. The van der Waals surface area contributed by atoms with Crippen molar-refractivity contribution >= 4 is 34.3 Å². The quantitative estimate of drug-likeness (QED) is 0.382. The molecule has 2 aromatic heterocycles. The number of aromatic nitrogens is 1. The fraction of sp³-hybridized carbons (Fsp3) is 0.200. The van der Waals surface area contributed by atoms with Crippen molar-refractivity contribution in [1.29, 1.82) is 0 Å². The molecule has 32 heavy (non-hydrogen) atoms. The molecule has 3 N–H and O–H groups in total. The van der Waals surface area contributed by atoms with E-state index in [4.69, 9.17) is 16.0 Å². The maximum atomic E-state index is 12.5. The molecule has 4 aromatic rings. The van der Waals surface area contributed by atoms with Gasteiger partial charge in [0.2, 0.25) is 5.91 Å². The van der Waals surface area contributed by atoms with Gasteiger partial charge in [0.15, 0.2) is 0 Å². The van der Waals surface area contributed by atoms with E-state index in [-0.39, 0.29) is 24.3 Å². The lowest BCUT2D eigenvalue weighted by Crippen LogP contribution is -2.38. The Hall–Kier alpha value is -3.51. The van der Waals surface area contributed by atoms with Gasteiger partial charge in [0.25, 0.3) is 5.91 Å². The van der Waals surface area contributed by atoms with Crippen molar-refractivity contribution in [3.05, 3.63) is 94.0 Å². The predicted octanol–water partition coefficient (Wildman–Crippen LogP) is 4.71. The van der Waals surface area contributed by atoms with E-state index in [1.807, 2.05) is 54.7 Å². The molecule has 2 aromatic carbocycles. The van der Waals surface area contributed by atoms with Crippen molar-refractivity contribution in [2.75, 3.05) is 13.1 Å². The fourth-order valence-electron chi connectivity index (χ4n) is 3.92. The van der Waals surface area contributed by atoms with Gasteiger partial charge < -0.3 is 20.0 Å². The molecule has 6 nitrogen and oxygen atoms in total. The number of fused-ring (bicyclic) bond motifs is 1. The number of para-hydroxylation sites is 1. The Morgan fingerprint density at radius 2 is 1.78 bits per heavy atom. The number of amides is 2. The second-order valence-electron chi connectivity index (χ2n) is 7.68. The first-order chi connectivity index (χ1) is 15.4. The molecule has 0 aliphatic carbocycles. The summed E-state index contributed by atoms with van der Waals surface area (Å²) in [4.78, 5) is 28.2. The molecule has 1 atom stereocenters. The van der Waals surface area contributed by atoms with Crippen LogP contribution >= 0.6 is 11.6 Å². The molecule has 164 valence electrons. The third kappa shape index (κ3) is 4.55. The third-order valence-corrected chi connectivity index (χ3v) is 5.82. The highest BCUT2D eigenvalue weighted by Gasteiger charge is 2.21. The summed E-state index contributed by atoms with van der Waals surface area (Å²) in [7, 11) is 0. The monoisotopic (exact) mass is 449 g/mol. The number of furan rings is 1. The van der Waals surface area contributed by atoms with Crippen LogP contribution in [0, 0.1) is 13.8 Å². The van der Waals surface area contributed by atoms with Crippen LogP contribution < -0.4 is 10.6 Å². The topological polar surface area (TPSA) is 87.1 Å². The van der Waals surface area contributed by atoms with Crippen LogP contribution in [-0.4, -0.2) is 29.9 Å². The zero-order valence-electron chi connectivity index (χ0n) is 17.9. The lowest BCUT2D eigenvalue weighted by atomic mass is 9.90. The van der Waals surface area contributed by atoms with E-state index in [9.17, 15) is 9.59 Å². The van der Waals surface area contributed by atoms with Crippen molar-refractivity contribution in [2.24, 2.45) is 0 Å². The Balaban J connectivity index is 1.48. The van der Waals surface area contributed by atoms with Gasteiger partial charge in [0.05, 0.1) is 12.1 Å². The van der Waals surface area contributed by atoms with Gasteiger partial charge in [-0.2, -0.15) is 0 Å². The number of nitrogens with one attached hydrogen (secondary N) is 3. The minimum absolute atomic E-state index is 0.133. The van der Waals surface area contributed by atoms with Crippen LogP contribution in [0.5, 0.6) is 0 Å². The van der Waals surface area contributed by atoms with E-state index in [2.05, 4.69) is 15.6 Å². The molecular weight excluding hydrogens is 426 g/mol. The van der Waals surface area contributed by atoms with Gasteiger partial charge in [-0.25, -0.2) is 0 Å². The SMILES string of the molecule is Cc1cc(C(=O)NCC(=O)NCC(c2ccccc2Cl)c2c[nH]c3ccccc23)c(C)o1. The molecule has 7 heteroatoms. The maximum Gasteiger partial charge on any atom is 0.255 e. The van der Waals surface area contributed by atoms with E-state index in [0.717, 1.165) is 22.0 Å². The van der Waals surface area contributed by atoms with Gasteiger partial charge in [-0.05, 0) is 43.2 Å². The van der Waals surface area contributed by atoms with Gasteiger partial charge in [-0.15, -0.1) is 0 Å². The number of benzene rings is 2. The highest BCUT2D eigenvalue weighted by molar-refractivity contribution is 6.31. The molecule has 4 rings (SSSR count). The minimum atomic E-state index is -0.339. The van der Waals surface area contributed by atoms with E-state index in [1.54, 1.807) is 19.9 Å². The predicted molar refractivity (Wildman–Crippen MR) is 125 cm³/mol. The van der Waals surface area contributed by atoms with E-state index >= 15 is 0 Å². The van der Waals surface area contributed by atoms with Crippen LogP contribution in [0.2, 0.25) is 5.02 Å². The molecule has 0 saturated heterocycles. The third-order valence-electron chi connectivity index (χ3n) is 5.48. The Kier molecular flexibility index (Phi) is 6.32. The number of hydrogen-bond donors (Lipinski definition) is 3. The van der Waals surface area contributed by atoms with Crippen molar-refractivity contribution < 1.29 is 14.0 Å². The van der Waals surface area contributed by atoms with E-state index in [1.165, 1.54) is 0 Å². The fourth-order valence-corrected chi connectivity index (χ4v) is 4.19. The number of aromatic amines is 1. The molecule has 0 radical (unpaired) electrons. The summed E-state index contributed by atoms with van der Waals surface area (Å²) in [5.41, 5.74) is 3.42. The lowest BCUT2D eigenvalue weighted by Gasteiger charge is -2.19. The first-order valence-electron chi connectivity index (χ1n) is 10.4. The Labute approximate surface area is 191 Å². The molecule has 0 aliphatic heterocycles. The average Bonchev–Trinajstić information content (AvgIpc) is 3.36. The Bertz CT molecular complexity index is 1270. The number of hydrogen-bond acceptors (Lipinski definition) is 3. The minimum Gasteiger partial charge on any atom is -0.466 e. The second-order valence-corrected chi connectivity index (χ2v) is 8.08. The number of carbonyl (C=O) groups is 2. The maximum absolute atomic E-state index is 12.5. The first-order valence-corrected chi connectivity index (χ1v) is 10.7. The van der Waals surface area contributed by atoms with Crippen LogP contribution in [0.15, 0.2) is 65.2 Å². The highest BCUT2D eigenvalue weighted by atomic mass is 35.5. The average molecular weight is 450 g/mol. The summed E-state index contributed by atoms with van der Waals surface area (Å²) in [6.07, 6.45) is 1.95. The number of rotatable bonds is 7. The number of H-pyrrole nitrogens is 1. The molecule has 2 heterocycles. The van der Waals surface area contributed by atoms with Gasteiger partial charge in [0, 0.05) is 34.6 Å². The van der Waals surface area contributed by atoms with E-state index < -0.39 is 0 Å². The van der Waals surface area contributed by atoms with Crippen molar-refractivity contribution in [3.8, 4) is 0 Å². The molecule has 2 amide bonds. The van der Waals surface area contributed by atoms with Crippen molar-refractivity contribution in [1.82, 2.24) is 15.6 Å². The molecule has 0 saturated carbocycles. The van der Waals surface area contributed by atoms with Gasteiger partial charge in [0.1, 0.15) is 11.5 Å². The summed E-state index contributed by atoms with van der Waals surface area (Å²) in [6.45, 7) is 3.70. The van der Waals surface area contributed by atoms with Crippen molar-refractivity contribution in [3.63, 3.8) is 0 Å². The molecular formula is C25H24ClN3O3. The van der Waals surface area contributed by atoms with Gasteiger partial charge in [-0.3, -0.25) is 9.59 Å². The second kappa shape index (κ2) is 9.32.